The van der Waals surface area contributed by atoms with Crippen molar-refractivity contribution in [1.82, 2.24) is 15.6 Å². The first-order chi connectivity index (χ1) is 22.4. The number of hydrogen-bond acceptors (Lipinski definition) is 8. The Morgan fingerprint density at radius 3 is 2.12 bits per heavy atom. The van der Waals surface area contributed by atoms with Crippen molar-refractivity contribution in [1.29, 1.82) is 0 Å². The number of ketones is 2. The molecule has 3 amide bonds. The Hall–Kier alpha value is -3.18. The summed E-state index contributed by atoms with van der Waals surface area (Å²) in [5, 5.41) is 6.52. The molecule has 0 aliphatic heterocycles. The van der Waals surface area contributed by atoms with Crippen LogP contribution in [0.1, 0.15) is 123 Å². The van der Waals surface area contributed by atoms with Gasteiger partial charge >= 0.3 is 0 Å². The van der Waals surface area contributed by atoms with Gasteiger partial charge < -0.3 is 22.1 Å². The number of carbonyl (C=O) groups is 5. The van der Waals surface area contributed by atoms with Crippen molar-refractivity contribution < 1.29 is 24.0 Å². The summed E-state index contributed by atoms with van der Waals surface area (Å²) in [6.07, 6.45) is 2.96. The van der Waals surface area contributed by atoms with Crippen LogP contribution < -0.4 is 22.1 Å². The smallest absolute Gasteiger partial charge is 0.240 e. The summed E-state index contributed by atoms with van der Waals surface area (Å²) in [5.41, 5.74) is 13.0. The Morgan fingerprint density at radius 1 is 0.917 bits per heavy atom. The molecule has 2 rings (SSSR count). The molecule has 0 spiro atoms. The summed E-state index contributed by atoms with van der Waals surface area (Å²) in [4.78, 5) is 70.9. The maximum Gasteiger partial charge on any atom is 0.240 e. The highest BCUT2D eigenvalue weighted by molar-refractivity contribution is 7.18. The fraction of sp³-hybridized carbons (Fsp3) is 0.676. The van der Waals surface area contributed by atoms with Crippen LogP contribution in [0.4, 0.5) is 0 Å². The van der Waals surface area contributed by atoms with E-state index in [1.165, 1.54) is 16.9 Å². The van der Waals surface area contributed by atoms with Crippen molar-refractivity contribution in [3.63, 3.8) is 0 Å². The van der Waals surface area contributed by atoms with Crippen LogP contribution in [0, 0.1) is 23.2 Å². The minimum atomic E-state index is -0.867. The van der Waals surface area contributed by atoms with Crippen molar-refractivity contribution >= 4 is 50.8 Å². The Labute approximate surface area is 291 Å². The summed E-state index contributed by atoms with van der Waals surface area (Å²) in [5.74, 6) is -2.64. The van der Waals surface area contributed by atoms with Gasteiger partial charge in [-0.05, 0) is 67.2 Å². The molecule has 0 unspecified atom stereocenters. The Balaban J connectivity index is 2.34. The molecule has 1 aromatic carbocycles. The van der Waals surface area contributed by atoms with E-state index >= 15 is 0 Å². The minimum Gasteiger partial charge on any atom is -0.368 e. The van der Waals surface area contributed by atoms with Crippen LogP contribution in [0.3, 0.4) is 0 Å². The first-order valence-corrected chi connectivity index (χ1v) is 18.3. The molecular formula is C37H59N5O5S. The second-order valence-corrected chi connectivity index (χ2v) is 16.2. The minimum absolute atomic E-state index is 0.0421. The number of nitrogens with one attached hydrogen (secondary N) is 2. The van der Waals surface area contributed by atoms with Crippen LogP contribution in [0.15, 0.2) is 18.2 Å². The van der Waals surface area contributed by atoms with Crippen molar-refractivity contribution in [2.75, 3.05) is 6.54 Å². The van der Waals surface area contributed by atoms with E-state index in [2.05, 4.69) is 36.6 Å². The Bertz CT molecular complexity index is 1400. The molecule has 0 aliphatic carbocycles. The van der Waals surface area contributed by atoms with E-state index in [0.29, 0.717) is 51.0 Å². The molecule has 4 atom stereocenters. The molecule has 6 N–H and O–H groups in total. The highest BCUT2D eigenvalue weighted by atomic mass is 32.1. The van der Waals surface area contributed by atoms with Crippen molar-refractivity contribution in [3.05, 3.63) is 28.8 Å². The lowest BCUT2D eigenvalue weighted by Crippen LogP contribution is -2.49. The monoisotopic (exact) mass is 685 g/mol. The Morgan fingerprint density at radius 2 is 1.56 bits per heavy atom. The summed E-state index contributed by atoms with van der Waals surface area (Å²) < 4.78 is 1.03. The number of thiazole rings is 1. The van der Waals surface area contributed by atoms with Crippen LogP contribution in [0.25, 0.3) is 10.2 Å². The molecule has 10 nitrogen and oxygen atoms in total. The second-order valence-electron chi connectivity index (χ2n) is 15.1. The van der Waals surface area contributed by atoms with Crippen molar-refractivity contribution in [2.24, 2.45) is 34.6 Å². The molecule has 48 heavy (non-hydrogen) atoms. The molecule has 1 heterocycles. The van der Waals surface area contributed by atoms with Crippen LogP contribution in [0.2, 0.25) is 0 Å². The van der Waals surface area contributed by atoms with Gasteiger partial charge in [-0.3, -0.25) is 24.0 Å². The lowest BCUT2D eigenvalue weighted by Gasteiger charge is -2.29. The highest BCUT2D eigenvalue weighted by Crippen LogP contribution is 2.29. The number of Topliss-reactive ketones (excluding diaryl/α,β-unsaturated/α-hetero) is 2. The average molecular weight is 686 g/mol. The molecule has 11 heteroatoms. The number of aromatic nitrogens is 1. The van der Waals surface area contributed by atoms with Crippen molar-refractivity contribution in [2.45, 2.75) is 131 Å². The van der Waals surface area contributed by atoms with E-state index in [1.54, 1.807) is 6.92 Å². The molecular weight excluding hydrogens is 627 g/mol. The molecule has 0 radical (unpaired) electrons. The number of unbranched alkanes of at least 4 members (excludes halogenated alkanes) is 1. The number of amides is 3. The SMILES string of the molecule is CCC(=O)C[C@@H](Cc1nc2ccc(C(C)C)cc2s1)C(=O)N[C@@H](CC(C)(C)C)C(=O)C[C@@H](CCCCN)C(=O)N[C@@H](CC(C)C)C(N)=O. The van der Waals surface area contributed by atoms with Gasteiger partial charge in [-0.2, -0.15) is 0 Å². The second kappa shape index (κ2) is 19.1. The molecule has 1 aromatic heterocycles. The third-order valence-corrected chi connectivity index (χ3v) is 9.54. The molecule has 0 aliphatic rings. The Kier molecular flexibility index (Phi) is 16.3. The number of fused-ring (bicyclic) bond motifs is 1. The maximum atomic E-state index is 14.0. The van der Waals surface area contributed by atoms with Gasteiger partial charge in [0.15, 0.2) is 5.78 Å². The van der Waals surface area contributed by atoms with Gasteiger partial charge in [0, 0.05) is 31.6 Å². The third-order valence-electron chi connectivity index (χ3n) is 8.50. The number of carbonyl (C=O) groups excluding carboxylic acids is 5. The van der Waals surface area contributed by atoms with E-state index in [4.69, 9.17) is 16.5 Å². The summed E-state index contributed by atoms with van der Waals surface area (Å²) in [7, 11) is 0. The van der Waals surface area contributed by atoms with E-state index in [9.17, 15) is 24.0 Å². The largest absolute Gasteiger partial charge is 0.368 e. The van der Waals surface area contributed by atoms with Gasteiger partial charge in [-0.15, -0.1) is 11.3 Å². The lowest BCUT2D eigenvalue weighted by atomic mass is 9.83. The predicted octanol–water partition coefficient (Wildman–Crippen LogP) is 5.59. The zero-order valence-electron chi connectivity index (χ0n) is 30.3. The molecule has 0 saturated carbocycles. The molecule has 268 valence electrons. The number of hydrogen-bond donors (Lipinski definition) is 4. The van der Waals surface area contributed by atoms with Crippen LogP contribution in [-0.2, 0) is 30.4 Å². The topological polar surface area (TPSA) is 174 Å². The normalized spacial score (nSPS) is 14.5. The van der Waals surface area contributed by atoms with Crippen molar-refractivity contribution in [3.8, 4) is 0 Å². The number of nitrogens with two attached hydrogens (primary N) is 2. The molecule has 2 aromatic rings. The number of nitrogens with zero attached hydrogens (tertiary/aromatic N) is 1. The predicted molar refractivity (Wildman–Crippen MR) is 193 cm³/mol. The van der Waals surface area contributed by atoms with E-state index in [1.807, 2.05) is 40.7 Å². The fourth-order valence-corrected chi connectivity index (χ4v) is 6.82. The van der Waals surface area contributed by atoms with Gasteiger partial charge in [0.05, 0.1) is 27.2 Å². The van der Waals surface area contributed by atoms with Gasteiger partial charge in [-0.25, -0.2) is 4.98 Å². The first-order valence-electron chi connectivity index (χ1n) is 17.5. The summed E-state index contributed by atoms with van der Waals surface area (Å²) in [6, 6.07) is 4.47. The van der Waals surface area contributed by atoms with Crippen LogP contribution in [0.5, 0.6) is 0 Å². The summed E-state index contributed by atoms with van der Waals surface area (Å²) >= 11 is 1.52. The van der Waals surface area contributed by atoms with E-state index < -0.39 is 35.7 Å². The van der Waals surface area contributed by atoms with E-state index in [-0.39, 0.29) is 48.1 Å². The lowest BCUT2D eigenvalue weighted by molar-refractivity contribution is -0.135. The molecule has 0 saturated heterocycles. The number of benzene rings is 1. The standard InChI is InChI=1S/C37H59N5O5S/c1-9-27(43)17-26(20-33-40-28-14-13-24(23(4)5)19-32(28)48-33)36(47)42-30(21-37(6,7)8)31(44)18-25(12-10-11-15-38)35(46)41-29(34(39)45)16-22(2)3/h13-14,19,22-23,25-26,29-30H,9-12,15-18,20-21,38H2,1-8H3,(H2,39,45)(H,41,46)(H,42,47)/t25-,26+,29+,30+/m1/s1. The quantitative estimate of drug-likeness (QED) is 0.124. The third kappa shape index (κ3) is 13.7. The maximum absolute atomic E-state index is 14.0. The van der Waals surface area contributed by atoms with Crippen LogP contribution >= 0.6 is 11.3 Å². The van der Waals surface area contributed by atoms with Gasteiger partial charge in [-0.1, -0.05) is 67.9 Å². The molecule has 0 fully saturated rings. The number of primary amides is 1. The van der Waals surface area contributed by atoms with Gasteiger partial charge in [0.1, 0.15) is 11.8 Å². The number of rotatable bonds is 21. The fourth-order valence-electron chi connectivity index (χ4n) is 5.72. The highest BCUT2D eigenvalue weighted by Gasteiger charge is 2.34. The first kappa shape index (κ1) is 41.0. The average Bonchev–Trinajstić information content (AvgIpc) is 3.40. The van der Waals surface area contributed by atoms with E-state index in [0.717, 1.165) is 15.2 Å². The summed E-state index contributed by atoms with van der Waals surface area (Å²) in [6.45, 7) is 16.3. The zero-order valence-corrected chi connectivity index (χ0v) is 31.1. The van der Waals surface area contributed by atoms with Gasteiger partial charge in [0.25, 0.3) is 0 Å². The zero-order chi connectivity index (χ0) is 36.2. The van der Waals surface area contributed by atoms with Gasteiger partial charge in [0.2, 0.25) is 17.7 Å². The van der Waals surface area contributed by atoms with Crippen LogP contribution in [-0.4, -0.2) is 52.9 Å². The molecule has 0 bridgehead atoms.